The van der Waals surface area contributed by atoms with Gasteiger partial charge in [0.25, 0.3) is 0 Å². The highest BCUT2D eigenvalue weighted by Crippen LogP contribution is 2.43. The van der Waals surface area contributed by atoms with Gasteiger partial charge in [-0.3, -0.25) is 4.90 Å². The number of rotatable bonds is 12. The molecule has 3 aromatic rings. The number of anilines is 1. The molecular formula is C31H35FN2O5S. The van der Waals surface area contributed by atoms with Crippen molar-refractivity contribution in [1.29, 1.82) is 0 Å². The number of halogens is 1. The Balaban J connectivity index is 2.21. The number of pyridine rings is 1. The lowest BCUT2D eigenvalue weighted by Crippen LogP contribution is -2.26. The van der Waals surface area contributed by atoms with Gasteiger partial charge >= 0.3 is 0 Å². The van der Waals surface area contributed by atoms with Crippen LogP contribution in [0.1, 0.15) is 33.6 Å². The van der Waals surface area contributed by atoms with Gasteiger partial charge in [0, 0.05) is 17.5 Å². The van der Waals surface area contributed by atoms with E-state index >= 15 is 0 Å². The molecule has 0 amide bonds. The van der Waals surface area contributed by atoms with Crippen LogP contribution >= 0.6 is 0 Å². The van der Waals surface area contributed by atoms with Crippen molar-refractivity contribution in [3.63, 3.8) is 0 Å². The van der Waals surface area contributed by atoms with Crippen LogP contribution in [0.5, 0.6) is 11.5 Å². The first-order valence-electron chi connectivity index (χ1n) is 12.7. The van der Waals surface area contributed by atoms with Crippen LogP contribution in [0, 0.1) is 11.9 Å². The van der Waals surface area contributed by atoms with Crippen molar-refractivity contribution in [3.05, 3.63) is 102 Å². The zero-order chi connectivity index (χ0) is 29.6. The van der Waals surface area contributed by atoms with Crippen molar-refractivity contribution in [1.82, 2.24) is 4.98 Å². The summed E-state index contributed by atoms with van der Waals surface area (Å²) >= 11 is 0. The van der Waals surface area contributed by atoms with Gasteiger partial charge in [-0.1, -0.05) is 45.2 Å². The maximum atomic E-state index is 14.0. The fourth-order valence-corrected chi connectivity index (χ4v) is 5.69. The molecule has 0 bridgehead atoms. The van der Waals surface area contributed by atoms with Crippen molar-refractivity contribution >= 4 is 15.5 Å². The summed E-state index contributed by atoms with van der Waals surface area (Å²) in [5, 5.41) is 11.8. The minimum atomic E-state index is -4.27. The van der Waals surface area contributed by atoms with Gasteiger partial charge in [0.2, 0.25) is 21.7 Å². The van der Waals surface area contributed by atoms with Gasteiger partial charge in [-0.25, -0.2) is 13.4 Å². The average Bonchev–Trinajstić information content (AvgIpc) is 2.92. The molecule has 0 fully saturated rings. The largest absolute Gasteiger partial charge is 0.494 e. The lowest BCUT2D eigenvalue weighted by atomic mass is 10.1. The fraction of sp³-hybridized carbons (Fsp3) is 0.258. The van der Waals surface area contributed by atoms with Gasteiger partial charge in [-0.05, 0) is 73.2 Å². The number of para-hydroxylation sites is 1. The van der Waals surface area contributed by atoms with Crippen molar-refractivity contribution in [2.45, 2.75) is 38.5 Å². The maximum Gasteiger partial charge on any atom is 0.215 e. The summed E-state index contributed by atoms with van der Waals surface area (Å²) < 4.78 is 52.3. The summed E-state index contributed by atoms with van der Waals surface area (Å²) in [7, 11) is -1.32. The minimum absolute atomic E-state index is 0.0596. The normalized spacial score (nSPS) is 12.1. The van der Waals surface area contributed by atoms with E-state index in [9.17, 15) is 17.9 Å². The molecule has 9 heteroatoms. The number of sulfone groups is 1. The molecule has 7 nitrogen and oxygen atoms in total. The van der Waals surface area contributed by atoms with E-state index < -0.39 is 21.7 Å². The first-order valence-corrected chi connectivity index (χ1v) is 14.2. The molecule has 0 radical (unpaired) electrons. The Labute approximate surface area is 235 Å². The Morgan fingerprint density at radius 3 is 2.05 bits per heavy atom. The Hall–Kier alpha value is -4.11. The number of nitrogens with zero attached hydrogens (tertiary/aromatic N) is 2. The first-order chi connectivity index (χ1) is 18.9. The predicted octanol–water partition coefficient (Wildman–Crippen LogP) is 7.44. The third-order valence-corrected chi connectivity index (χ3v) is 8.21. The van der Waals surface area contributed by atoms with Crippen LogP contribution in [0.25, 0.3) is 11.1 Å². The molecule has 40 heavy (non-hydrogen) atoms. The SMILES string of the molecule is C=C(C)/C(=C(/O)N(C(=C)CCC(C)C)c1c(OC)cccc1OC)S(=O)(=O)c1ccc(-c2ccc(F)nc2)cc1. The fourth-order valence-electron chi connectivity index (χ4n) is 4.17. The molecule has 0 aliphatic carbocycles. The predicted molar refractivity (Wildman–Crippen MR) is 157 cm³/mol. The Morgan fingerprint density at radius 1 is 1.00 bits per heavy atom. The average molecular weight is 567 g/mol. The van der Waals surface area contributed by atoms with Gasteiger partial charge in [0.05, 0.1) is 19.1 Å². The molecule has 2 aromatic carbocycles. The van der Waals surface area contributed by atoms with Crippen LogP contribution < -0.4 is 14.4 Å². The van der Waals surface area contributed by atoms with Crippen LogP contribution in [-0.4, -0.2) is 32.7 Å². The van der Waals surface area contributed by atoms with Crippen molar-refractivity contribution in [2.24, 2.45) is 5.92 Å². The quantitative estimate of drug-likeness (QED) is 0.138. The Kier molecular flexibility index (Phi) is 9.76. The number of aromatic nitrogens is 1. The summed E-state index contributed by atoms with van der Waals surface area (Å²) in [5.74, 6) is -0.139. The van der Waals surface area contributed by atoms with Crippen LogP contribution in [0.3, 0.4) is 0 Å². The molecule has 0 unspecified atom stereocenters. The van der Waals surface area contributed by atoms with Gasteiger partial charge in [-0.2, -0.15) is 4.39 Å². The van der Waals surface area contributed by atoms with E-state index in [2.05, 4.69) is 32.0 Å². The number of hydrogen-bond donors (Lipinski definition) is 1. The second-order valence-corrected chi connectivity index (χ2v) is 11.6. The second kappa shape index (κ2) is 12.8. The highest BCUT2D eigenvalue weighted by Gasteiger charge is 2.32. The van der Waals surface area contributed by atoms with E-state index in [4.69, 9.17) is 9.47 Å². The van der Waals surface area contributed by atoms with Gasteiger partial charge in [-0.15, -0.1) is 0 Å². The molecule has 1 N–H and O–H groups in total. The Bertz CT molecular complexity index is 1490. The molecule has 0 saturated carbocycles. The van der Waals surface area contributed by atoms with Crippen LogP contribution in [0.2, 0.25) is 0 Å². The van der Waals surface area contributed by atoms with Gasteiger partial charge in [0.15, 0.2) is 0 Å². The molecule has 1 heterocycles. The standard InChI is InChI=1S/C31H35FN2O5S/c1-20(2)11-12-22(5)34(29-26(38-6)9-8-10-27(29)39-7)31(35)30(21(3)4)40(36,37)25-16-13-23(14-17-25)24-15-18-28(32)33-19-24/h8-10,13-20,35H,3,5,11-12H2,1-2,4,6-7H3/b31-30-. The van der Waals surface area contributed by atoms with E-state index in [1.54, 1.807) is 36.4 Å². The lowest BCUT2D eigenvalue weighted by molar-refractivity contribution is 0.373. The molecule has 0 aliphatic heterocycles. The van der Waals surface area contributed by atoms with E-state index in [0.29, 0.717) is 46.3 Å². The number of benzene rings is 2. The molecule has 0 spiro atoms. The number of aliphatic hydroxyl groups excluding tert-OH is 1. The van der Waals surface area contributed by atoms with Crippen LogP contribution in [0.4, 0.5) is 10.1 Å². The highest BCUT2D eigenvalue weighted by atomic mass is 32.2. The summed E-state index contributed by atoms with van der Waals surface area (Å²) in [4.78, 5) is 4.58. The maximum absolute atomic E-state index is 14.0. The lowest BCUT2D eigenvalue weighted by Gasteiger charge is -2.30. The van der Waals surface area contributed by atoms with E-state index in [1.165, 1.54) is 50.4 Å². The third kappa shape index (κ3) is 6.54. The molecule has 0 aliphatic rings. The van der Waals surface area contributed by atoms with Gasteiger partial charge < -0.3 is 14.6 Å². The summed E-state index contributed by atoms with van der Waals surface area (Å²) in [6.07, 6.45) is 2.58. The third-order valence-electron chi connectivity index (χ3n) is 6.25. The number of allylic oxidation sites excluding steroid dienone is 2. The molecular weight excluding hydrogens is 531 g/mol. The molecule has 0 atom stereocenters. The number of hydrogen-bond acceptors (Lipinski definition) is 7. The number of ether oxygens (including phenoxy) is 2. The van der Waals surface area contributed by atoms with Gasteiger partial charge in [0.1, 0.15) is 22.1 Å². The van der Waals surface area contributed by atoms with Crippen molar-refractivity contribution in [2.75, 3.05) is 19.1 Å². The highest BCUT2D eigenvalue weighted by molar-refractivity contribution is 7.95. The topological polar surface area (TPSA) is 89.0 Å². The van der Waals surface area contributed by atoms with E-state index in [-0.39, 0.29) is 15.4 Å². The van der Waals surface area contributed by atoms with E-state index in [1.807, 2.05) is 0 Å². The van der Waals surface area contributed by atoms with Crippen molar-refractivity contribution < 1.29 is 27.4 Å². The molecule has 1 aromatic heterocycles. The first kappa shape index (κ1) is 30.4. The smallest absolute Gasteiger partial charge is 0.215 e. The second-order valence-electron chi connectivity index (χ2n) is 9.68. The summed E-state index contributed by atoms with van der Waals surface area (Å²) in [6, 6.07) is 13.9. The van der Waals surface area contributed by atoms with Crippen molar-refractivity contribution in [3.8, 4) is 22.6 Å². The summed E-state index contributed by atoms with van der Waals surface area (Å²) in [5.41, 5.74) is 2.16. The molecule has 212 valence electrons. The molecule has 3 rings (SSSR count). The van der Waals surface area contributed by atoms with Crippen LogP contribution in [-0.2, 0) is 9.84 Å². The number of methoxy groups -OCH3 is 2. The zero-order valence-electron chi connectivity index (χ0n) is 23.4. The van der Waals surface area contributed by atoms with Crippen LogP contribution in [0.15, 0.2) is 101 Å². The number of aliphatic hydroxyl groups is 1. The Morgan fingerprint density at radius 2 is 1.57 bits per heavy atom. The molecule has 0 saturated heterocycles. The minimum Gasteiger partial charge on any atom is -0.494 e. The van der Waals surface area contributed by atoms with E-state index in [0.717, 1.165) is 6.42 Å². The monoisotopic (exact) mass is 566 g/mol. The zero-order valence-corrected chi connectivity index (χ0v) is 24.3. The summed E-state index contributed by atoms with van der Waals surface area (Å²) in [6.45, 7) is 13.7.